The molecule has 0 spiro atoms. The number of hydrogen-bond donors (Lipinski definition) is 1. The molecule has 2 fully saturated rings. The molecule has 0 aromatic heterocycles. The number of rotatable bonds is 4. The lowest BCUT2D eigenvalue weighted by atomic mass is 10.0. The monoisotopic (exact) mass is 316 g/mol. The van der Waals surface area contributed by atoms with Gasteiger partial charge in [-0.1, -0.05) is 0 Å². The predicted molar refractivity (Wildman–Crippen MR) is 81.6 cm³/mol. The van der Waals surface area contributed by atoms with Gasteiger partial charge < -0.3 is 19.6 Å². The number of nitrogens with zero attached hydrogens (tertiary/aromatic N) is 2. The lowest BCUT2D eigenvalue weighted by molar-refractivity contribution is -0.138. The van der Waals surface area contributed by atoms with Crippen molar-refractivity contribution in [1.29, 1.82) is 0 Å². The average Bonchev–Trinajstić information content (AvgIpc) is 2.47. The minimum absolute atomic E-state index is 0.0269. The van der Waals surface area contributed by atoms with E-state index in [0.717, 1.165) is 25.2 Å². The maximum Gasteiger partial charge on any atom is 0.320 e. The van der Waals surface area contributed by atoms with Crippen LogP contribution in [0.15, 0.2) is 0 Å². The molecule has 2 aliphatic rings. The first-order chi connectivity index (χ1) is 10.1. The zero-order chi connectivity index (χ0) is 15.2. The van der Waals surface area contributed by atoms with Crippen molar-refractivity contribution < 1.29 is 19.4 Å². The fourth-order valence-corrected chi connectivity index (χ4v) is 3.98. The summed E-state index contributed by atoms with van der Waals surface area (Å²) in [6.07, 6.45) is 2.17. The van der Waals surface area contributed by atoms with Crippen molar-refractivity contribution in [3.63, 3.8) is 0 Å². The second-order valence-electron chi connectivity index (χ2n) is 5.77. The van der Waals surface area contributed by atoms with Gasteiger partial charge in [-0.2, -0.15) is 11.8 Å². The van der Waals surface area contributed by atoms with Crippen LogP contribution in [0.25, 0.3) is 0 Å². The van der Waals surface area contributed by atoms with E-state index in [-0.39, 0.29) is 18.5 Å². The molecular formula is C14H24N2O4S. The molecule has 2 saturated heterocycles. The normalized spacial score (nSPS) is 26.4. The molecule has 2 unspecified atom stereocenters. The highest BCUT2D eigenvalue weighted by molar-refractivity contribution is 7.99. The molecule has 0 aromatic carbocycles. The molecule has 0 saturated carbocycles. The molecule has 0 radical (unpaired) electrons. The predicted octanol–water partition coefficient (Wildman–Crippen LogP) is 1.36. The zero-order valence-corrected chi connectivity index (χ0v) is 13.3. The molecule has 0 aliphatic carbocycles. The van der Waals surface area contributed by atoms with Crippen molar-refractivity contribution in [1.82, 2.24) is 9.80 Å². The lowest BCUT2D eigenvalue weighted by Crippen LogP contribution is -2.52. The Hall–Kier alpha value is -0.950. The maximum atomic E-state index is 12.6. The fraction of sp³-hybridized carbons (Fsp3) is 0.857. The average molecular weight is 316 g/mol. The summed E-state index contributed by atoms with van der Waals surface area (Å²) in [5.41, 5.74) is 0. The Balaban J connectivity index is 1.90. The smallest absolute Gasteiger partial charge is 0.320 e. The van der Waals surface area contributed by atoms with Crippen LogP contribution >= 0.6 is 11.8 Å². The Kier molecular flexibility index (Phi) is 6.17. The topological polar surface area (TPSA) is 70.1 Å². The van der Waals surface area contributed by atoms with Crippen molar-refractivity contribution in [2.45, 2.75) is 25.3 Å². The first kappa shape index (κ1) is 16.4. The Labute approximate surface area is 129 Å². The van der Waals surface area contributed by atoms with Gasteiger partial charge in [-0.3, -0.25) is 4.79 Å². The molecule has 0 bridgehead atoms. The molecule has 21 heavy (non-hydrogen) atoms. The van der Waals surface area contributed by atoms with Gasteiger partial charge in [0, 0.05) is 44.2 Å². The summed E-state index contributed by atoms with van der Waals surface area (Å²) in [6, 6.07) is -0.245. The Morgan fingerprint density at radius 3 is 2.95 bits per heavy atom. The van der Waals surface area contributed by atoms with E-state index < -0.39 is 5.97 Å². The minimum atomic E-state index is -0.844. The molecule has 2 rings (SSSR count). The SMILES string of the molecule is CN(CC1CCCOC1)C(=O)N1CCSCC1CC(=O)O. The third kappa shape index (κ3) is 4.78. The Bertz CT molecular complexity index is 374. The van der Waals surface area contributed by atoms with Gasteiger partial charge in [-0.05, 0) is 12.8 Å². The van der Waals surface area contributed by atoms with Crippen LogP contribution in [-0.2, 0) is 9.53 Å². The Morgan fingerprint density at radius 1 is 1.48 bits per heavy atom. The van der Waals surface area contributed by atoms with E-state index in [1.54, 1.807) is 28.6 Å². The van der Waals surface area contributed by atoms with Crippen LogP contribution in [0.1, 0.15) is 19.3 Å². The highest BCUT2D eigenvalue weighted by atomic mass is 32.2. The van der Waals surface area contributed by atoms with Crippen molar-refractivity contribution in [3.05, 3.63) is 0 Å². The van der Waals surface area contributed by atoms with E-state index in [1.807, 2.05) is 0 Å². The standard InChI is InChI=1S/C14H24N2O4S/c1-15(8-11-3-2-5-20-9-11)14(19)16-4-6-21-10-12(16)7-13(17)18/h11-12H,2-10H2,1H3,(H,17,18). The maximum absolute atomic E-state index is 12.6. The second kappa shape index (κ2) is 7.89. The number of carbonyl (C=O) groups excluding carboxylic acids is 1. The first-order valence-corrected chi connectivity index (χ1v) is 8.62. The van der Waals surface area contributed by atoms with Gasteiger partial charge in [0.2, 0.25) is 0 Å². The van der Waals surface area contributed by atoms with Gasteiger partial charge in [-0.25, -0.2) is 4.79 Å². The second-order valence-corrected chi connectivity index (χ2v) is 6.92. The van der Waals surface area contributed by atoms with Crippen LogP contribution in [0, 0.1) is 5.92 Å². The van der Waals surface area contributed by atoms with Crippen LogP contribution in [-0.4, -0.2) is 77.8 Å². The van der Waals surface area contributed by atoms with E-state index in [0.29, 0.717) is 31.4 Å². The lowest BCUT2D eigenvalue weighted by Gasteiger charge is -2.38. The van der Waals surface area contributed by atoms with Crippen molar-refractivity contribution >= 4 is 23.8 Å². The molecule has 2 amide bonds. The molecule has 120 valence electrons. The van der Waals surface area contributed by atoms with Gasteiger partial charge in [0.05, 0.1) is 19.1 Å². The first-order valence-electron chi connectivity index (χ1n) is 7.47. The van der Waals surface area contributed by atoms with Crippen LogP contribution < -0.4 is 0 Å². The third-order valence-corrected chi connectivity index (χ3v) is 5.09. The van der Waals surface area contributed by atoms with Gasteiger partial charge in [-0.15, -0.1) is 0 Å². The minimum Gasteiger partial charge on any atom is -0.481 e. The molecular weight excluding hydrogens is 292 g/mol. The van der Waals surface area contributed by atoms with E-state index in [1.165, 1.54) is 0 Å². The van der Waals surface area contributed by atoms with E-state index >= 15 is 0 Å². The highest BCUT2D eigenvalue weighted by Crippen LogP contribution is 2.21. The van der Waals surface area contributed by atoms with Crippen LogP contribution in [0.4, 0.5) is 4.79 Å². The highest BCUT2D eigenvalue weighted by Gasteiger charge is 2.31. The molecule has 6 nitrogen and oxygen atoms in total. The summed E-state index contributed by atoms with van der Waals surface area (Å²) in [5, 5.41) is 8.99. The van der Waals surface area contributed by atoms with Crippen LogP contribution in [0.5, 0.6) is 0 Å². The van der Waals surface area contributed by atoms with Crippen molar-refractivity contribution in [3.8, 4) is 0 Å². The van der Waals surface area contributed by atoms with E-state index in [9.17, 15) is 9.59 Å². The van der Waals surface area contributed by atoms with E-state index in [2.05, 4.69) is 0 Å². The molecule has 2 aliphatic heterocycles. The number of carboxylic acid groups (broad SMARTS) is 1. The largest absolute Gasteiger partial charge is 0.481 e. The molecule has 2 heterocycles. The number of carbonyl (C=O) groups is 2. The molecule has 1 N–H and O–H groups in total. The molecule has 7 heteroatoms. The fourth-order valence-electron chi connectivity index (χ4n) is 2.91. The van der Waals surface area contributed by atoms with E-state index in [4.69, 9.17) is 9.84 Å². The van der Waals surface area contributed by atoms with Crippen LogP contribution in [0.2, 0.25) is 0 Å². The number of carboxylic acids is 1. The number of hydrogen-bond acceptors (Lipinski definition) is 4. The number of amides is 2. The summed E-state index contributed by atoms with van der Waals surface area (Å²) in [4.78, 5) is 27.0. The van der Waals surface area contributed by atoms with Gasteiger partial charge in [0.1, 0.15) is 0 Å². The third-order valence-electron chi connectivity index (χ3n) is 4.00. The summed E-state index contributed by atoms with van der Waals surface area (Å²) in [5.74, 6) is 1.13. The summed E-state index contributed by atoms with van der Waals surface area (Å²) < 4.78 is 5.45. The number of aliphatic carboxylic acids is 1. The van der Waals surface area contributed by atoms with Crippen molar-refractivity contribution in [2.75, 3.05) is 44.9 Å². The molecule has 2 atom stereocenters. The molecule has 0 aromatic rings. The zero-order valence-electron chi connectivity index (χ0n) is 12.5. The van der Waals surface area contributed by atoms with Gasteiger partial charge in [0.15, 0.2) is 0 Å². The number of ether oxygens (including phenoxy) is 1. The summed E-state index contributed by atoms with van der Waals surface area (Å²) >= 11 is 1.72. The van der Waals surface area contributed by atoms with Gasteiger partial charge in [0.25, 0.3) is 0 Å². The Morgan fingerprint density at radius 2 is 2.29 bits per heavy atom. The summed E-state index contributed by atoms with van der Waals surface area (Å²) in [6.45, 7) is 2.85. The quantitative estimate of drug-likeness (QED) is 0.848. The van der Waals surface area contributed by atoms with Crippen molar-refractivity contribution in [2.24, 2.45) is 5.92 Å². The van der Waals surface area contributed by atoms with Crippen LogP contribution in [0.3, 0.4) is 0 Å². The van der Waals surface area contributed by atoms with Gasteiger partial charge >= 0.3 is 12.0 Å². The number of urea groups is 1. The number of thioether (sulfide) groups is 1. The summed E-state index contributed by atoms with van der Waals surface area (Å²) in [7, 11) is 1.80.